The van der Waals surface area contributed by atoms with Gasteiger partial charge in [-0.1, -0.05) is 6.58 Å². The molecule has 3 N–H and O–H groups in total. The van der Waals surface area contributed by atoms with Crippen LogP contribution in [-0.2, 0) is 4.74 Å². The summed E-state index contributed by atoms with van der Waals surface area (Å²) in [6.07, 6.45) is -3.93. The van der Waals surface area contributed by atoms with Crippen molar-refractivity contribution in [2.75, 3.05) is 0 Å². The van der Waals surface area contributed by atoms with E-state index >= 15 is 0 Å². The molecule has 1 saturated heterocycles. The van der Waals surface area contributed by atoms with Crippen molar-refractivity contribution in [3.8, 4) is 0 Å². The third-order valence-electron chi connectivity index (χ3n) is 1.82. The summed E-state index contributed by atoms with van der Waals surface area (Å²) in [5.74, 6) is 0.107. The molecule has 0 spiro atoms. The fourth-order valence-electron chi connectivity index (χ4n) is 1.03. The van der Waals surface area contributed by atoms with E-state index in [2.05, 4.69) is 6.58 Å². The molecule has 0 bridgehead atoms. The molecule has 1 rings (SSSR count). The highest BCUT2D eigenvalue weighted by atomic mass is 16.5. The topological polar surface area (TPSA) is 69.9 Å². The maximum Gasteiger partial charge on any atom is 0.139 e. The lowest BCUT2D eigenvalue weighted by Crippen LogP contribution is -2.50. The van der Waals surface area contributed by atoms with Crippen molar-refractivity contribution < 1.29 is 20.1 Å². The summed E-state index contributed by atoms with van der Waals surface area (Å²) in [4.78, 5) is 0. The number of ether oxygens (including phenoxy) is 1. The van der Waals surface area contributed by atoms with Crippen molar-refractivity contribution in [1.82, 2.24) is 0 Å². The average Bonchev–Trinajstić information content (AvgIpc) is 1.97. The second kappa shape index (κ2) is 2.81. The van der Waals surface area contributed by atoms with Gasteiger partial charge in [0, 0.05) is 0 Å². The first kappa shape index (κ1) is 8.52. The molecule has 0 aromatic heterocycles. The highest BCUT2D eigenvalue weighted by molar-refractivity contribution is 5.03. The molecule has 4 heteroatoms. The van der Waals surface area contributed by atoms with Gasteiger partial charge >= 0.3 is 0 Å². The van der Waals surface area contributed by atoms with Gasteiger partial charge in [-0.05, 0) is 6.92 Å². The SMILES string of the molecule is C=C1OC(C)[C@H](O)C(O)C1O. The molecule has 0 radical (unpaired) electrons. The second-order valence-electron chi connectivity index (χ2n) is 2.72. The first-order valence-corrected chi connectivity index (χ1v) is 3.43. The van der Waals surface area contributed by atoms with Crippen LogP contribution in [0.15, 0.2) is 12.3 Å². The molecule has 1 heterocycles. The van der Waals surface area contributed by atoms with Crippen LogP contribution in [0.3, 0.4) is 0 Å². The Kier molecular flexibility index (Phi) is 2.17. The summed E-state index contributed by atoms with van der Waals surface area (Å²) in [5.41, 5.74) is 0. The smallest absolute Gasteiger partial charge is 0.139 e. The fraction of sp³-hybridized carbons (Fsp3) is 0.714. The molecule has 1 fully saturated rings. The van der Waals surface area contributed by atoms with Crippen LogP contribution in [0.25, 0.3) is 0 Å². The quantitative estimate of drug-likeness (QED) is 0.425. The fourth-order valence-corrected chi connectivity index (χ4v) is 1.03. The zero-order chi connectivity index (χ0) is 8.59. The first-order valence-electron chi connectivity index (χ1n) is 3.43. The Labute approximate surface area is 64.7 Å². The van der Waals surface area contributed by atoms with Gasteiger partial charge in [-0.2, -0.15) is 0 Å². The van der Waals surface area contributed by atoms with Gasteiger partial charge < -0.3 is 20.1 Å². The molecule has 4 nitrogen and oxygen atoms in total. The lowest BCUT2D eigenvalue weighted by Gasteiger charge is -2.35. The van der Waals surface area contributed by atoms with Crippen LogP contribution < -0.4 is 0 Å². The van der Waals surface area contributed by atoms with Crippen molar-refractivity contribution in [2.24, 2.45) is 0 Å². The van der Waals surface area contributed by atoms with Gasteiger partial charge in [0.25, 0.3) is 0 Å². The molecule has 3 unspecified atom stereocenters. The van der Waals surface area contributed by atoms with E-state index in [1.165, 1.54) is 0 Å². The molecule has 64 valence electrons. The van der Waals surface area contributed by atoms with E-state index in [-0.39, 0.29) is 5.76 Å². The standard InChI is InChI=1S/C7H12O4/c1-3-5(8)7(10)6(9)4(2)11-3/h4-10H,1H2,2H3/t4?,5?,6-,7?/m0/s1. The second-order valence-corrected chi connectivity index (χ2v) is 2.72. The van der Waals surface area contributed by atoms with Crippen molar-refractivity contribution in [3.05, 3.63) is 12.3 Å². The normalized spacial score (nSPS) is 45.3. The van der Waals surface area contributed by atoms with Gasteiger partial charge in [-0.3, -0.25) is 0 Å². The van der Waals surface area contributed by atoms with Crippen molar-refractivity contribution in [1.29, 1.82) is 0 Å². The van der Waals surface area contributed by atoms with Gasteiger partial charge in [0.2, 0.25) is 0 Å². The van der Waals surface area contributed by atoms with Crippen molar-refractivity contribution in [3.63, 3.8) is 0 Å². The summed E-state index contributed by atoms with van der Waals surface area (Å²) < 4.78 is 4.93. The first-order chi connectivity index (χ1) is 5.04. The molecule has 11 heavy (non-hydrogen) atoms. The van der Waals surface area contributed by atoms with E-state index in [4.69, 9.17) is 20.1 Å². The molecular weight excluding hydrogens is 148 g/mol. The number of aliphatic hydroxyl groups is 3. The average molecular weight is 160 g/mol. The largest absolute Gasteiger partial charge is 0.490 e. The van der Waals surface area contributed by atoms with Gasteiger partial charge in [0.05, 0.1) is 0 Å². The molecular formula is C7H12O4. The van der Waals surface area contributed by atoms with E-state index in [0.29, 0.717) is 0 Å². The number of hydrogen-bond donors (Lipinski definition) is 3. The highest BCUT2D eigenvalue weighted by Gasteiger charge is 2.37. The van der Waals surface area contributed by atoms with Gasteiger partial charge in [0.15, 0.2) is 0 Å². The van der Waals surface area contributed by atoms with Crippen molar-refractivity contribution in [2.45, 2.75) is 31.3 Å². The molecule has 0 aromatic rings. The molecule has 0 saturated carbocycles. The van der Waals surface area contributed by atoms with Crippen LogP contribution in [0, 0.1) is 0 Å². The molecule has 0 aromatic carbocycles. The minimum atomic E-state index is -1.19. The Morgan fingerprint density at radius 2 is 1.82 bits per heavy atom. The minimum absolute atomic E-state index is 0.107. The van der Waals surface area contributed by atoms with Crippen LogP contribution in [0.4, 0.5) is 0 Å². The summed E-state index contributed by atoms with van der Waals surface area (Å²) in [6.45, 7) is 4.99. The summed E-state index contributed by atoms with van der Waals surface area (Å²) >= 11 is 0. The molecule has 1 aliphatic rings. The Balaban J connectivity index is 2.70. The summed E-state index contributed by atoms with van der Waals surface area (Å²) in [7, 11) is 0. The van der Waals surface area contributed by atoms with E-state index in [0.717, 1.165) is 0 Å². The van der Waals surface area contributed by atoms with Crippen LogP contribution in [-0.4, -0.2) is 39.7 Å². The van der Waals surface area contributed by atoms with Gasteiger partial charge in [0.1, 0.15) is 30.2 Å². The minimum Gasteiger partial charge on any atom is -0.490 e. The summed E-state index contributed by atoms with van der Waals surface area (Å²) in [6, 6.07) is 0. The molecule has 4 atom stereocenters. The number of rotatable bonds is 0. The molecule has 0 aliphatic carbocycles. The van der Waals surface area contributed by atoms with Crippen LogP contribution in [0.5, 0.6) is 0 Å². The Morgan fingerprint density at radius 1 is 1.27 bits per heavy atom. The lowest BCUT2D eigenvalue weighted by molar-refractivity contribution is -0.149. The van der Waals surface area contributed by atoms with E-state index in [9.17, 15) is 0 Å². The van der Waals surface area contributed by atoms with E-state index in [1.54, 1.807) is 6.92 Å². The lowest BCUT2D eigenvalue weighted by atomic mass is 9.99. The van der Waals surface area contributed by atoms with Crippen LogP contribution in [0.2, 0.25) is 0 Å². The van der Waals surface area contributed by atoms with Crippen LogP contribution >= 0.6 is 0 Å². The monoisotopic (exact) mass is 160 g/mol. The summed E-state index contributed by atoms with van der Waals surface area (Å²) in [5, 5.41) is 27.4. The third-order valence-corrected chi connectivity index (χ3v) is 1.82. The number of hydrogen-bond acceptors (Lipinski definition) is 4. The van der Waals surface area contributed by atoms with Gasteiger partial charge in [-0.25, -0.2) is 0 Å². The predicted octanol–water partition coefficient (Wildman–Crippen LogP) is -0.999. The zero-order valence-corrected chi connectivity index (χ0v) is 6.27. The Morgan fingerprint density at radius 3 is 2.36 bits per heavy atom. The third kappa shape index (κ3) is 1.38. The van der Waals surface area contributed by atoms with Crippen LogP contribution in [0.1, 0.15) is 6.92 Å². The Bertz CT molecular complexity index is 168. The van der Waals surface area contributed by atoms with E-state index < -0.39 is 24.4 Å². The maximum atomic E-state index is 9.16. The van der Waals surface area contributed by atoms with Crippen molar-refractivity contribution >= 4 is 0 Å². The molecule has 0 amide bonds. The maximum absolute atomic E-state index is 9.16. The molecule has 1 aliphatic heterocycles. The number of aliphatic hydroxyl groups excluding tert-OH is 3. The highest BCUT2D eigenvalue weighted by Crippen LogP contribution is 2.21. The predicted molar refractivity (Wildman–Crippen MR) is 37.7 cm³/mol. The van der Waals surface area contributed by atoms with Gasteiger partial charge in [-0.15, -0.1) is 0 Å². The van der Waals surface area contributed by atoms with E-state index in [1.807, 2.05) is 0 Å². The zero-order valence-electron chi connectivity index (χ0n) is 6.27. The Hall–Kier alpha value is -0.580.